The van der Waals surface area contributed by atoms with Crippen LogP contribution in [0.4, 0.5) is 10.1 Å². The standard InChI is InChI=1S/C12H15FN2O3S/c1-19(17,18)15-7-3-6-11(15)12(16)14-10-5-2-4-9(13)8-10/h2,4-5,8,11H,3,6-7H2,1H3,(H,14,16)/t11-/m0/s1. The van der Waals surface area contributed by atoms with Crippen LogP contribution in [0.2, 0.25) is 0 Å². The van der Waals surface area contributed by atoms with Crippen molar-refractivity contribution >= 4 is 21.6 Å². The van der Waals surface area contributed by atoms with Crippen LogP contribution in [0.25, 0.3) is 0 Å². The molecular formula is C12H15FN2O3S. The summed E-state index contributed by atoms with van der Waals surface area (Å²) in [5.74, 6) is -0.877. The summed E-state index contributed by atoms with van der Waals surface area (Å²) in [6, 6.07) is 4.79. The Morgan fingerprint density at radius 3 is 2.84 bits per heavy atom. The Morgan fingerprint density at radius 2 is 2.21 bits per heavy atom. The third-order valence-corrected chi connectivity index (χ3v) is 4.31. The fourth-order valence-corrected chi connectivity index (χ4v) is 3.32. The number of carbonyl (C=O) groups excluding carboxylic acids is 1. The molecule has 1 N–H and O–H groups in total. The van der Waals surface area contributed by atoms with Gasteiger partial charge in [-0.05, 0) is 31.0 Å². The summed E-state index contributed by atoms with van der Waals surface area (Å²) in [6.07, 6.45) is 2.21. The SMILES string of the molecule is CS(=O)(=O)N1CCC[C@H]1C(=O)Nc1cccc(F)c1. The van der Waals surface area contributed by atoms with E-state index in [0.717, 1.165) is 6.26 Å². The number of nitrogens with zero attached hydrogens (tertiary/aromatic N) is 1. The van der Waals surface area contributed by atoms with Gasteiger partial charge in [0.05, 0.1) is 6.26 Å². The molecule has 1 saturated heterocycles. The smallest absolute Gasteiger partial charge is 0.242 e. The highest BCUT2D eigenvalue weighted by molar-refractivity contribution is 7.88. The largest absolute Gasteiger partial charge is 0.325 e. The van der Waals surface area contributed by atoms with Crippen molar-refractivity contribution in [3.05, 3.63) is 30.1 Å². The van der Waals surface area contributed by atoms with Crippen molar-refractivity contribution in [1.29, 1.82) is 0 Å². The molecule has 0 unspecified atom stereocenters. The zero-order valence-electron chi connectivity index (χ0n) is 10.5. The fraction of sp³-hybridized carbons (Fsp3) is 0.417. The summed E-state index contributed by atoms with van der Waals surface area (Å²) in [5.41, 5.74) is 0.324. The van der Waals surface area contributed by atoms with Crippen molar-refractivity contribution in [2.45, 2.75) is 18.9 Å². The molecule has 1 aliphatic heterocycles. The van der Waals surface area contributed by atoms with E-state index in [1.165, 1.54) is 22.5 Å². The van der Waals surface area contributed by atoms with Crippen LogP contribution in [0.3, 0.4) is 0 Å². The molecule has 1 aromatic rings. The van der Waals surface area contributed by atoms with Crippen molar-refractivity contribution in [2.24, 2.45) is 0 Å². The lowest BCUT2D eigenvalue weighted by atomic mass is 10.2. The first-order valence-corrected chi connectivity index (χ1v) is 7.76. The Balaban J connectivity index is 2.12. The van der Waals surface area contributed by atoms with E-state index < -0.39 is 27.8 Å². The van der Waals surface area contributed by atoms with Gasteiger partial charge in [0.2, 0.25) is 15.9 Å². The monoisotopic (exact) mass is 286 g/mol. The van der Waals surface area contributed by atoms with Gasteiger partial charge in [-0.2, -0.15) is 4.31 Å². The van der Waals surface area contributed by atoms with Gasteiger partial charge in [0.15, 0.2) is 0 Å². The Hall–Kier alpha value is -1.47. The summed E-state index contributed by atoms with van der Waals surface area (Å²) in [5, 5.41) is 2.54. The molecule has 1 atom stereocenters. The molecule has 1 aromatic carbocycles. The first-order valence-electron chi connectivity index (χ1n) is 5.91. The molecule has 7 heteroatoms. The Morgan fingerprint density at radius 1 is 1.47 bits per heavy atom. The molecule has 0 bridgehead atoms. The number of benzene rings is 1. The molecule has 19 heavy (non-hydrogen) atoms. The molecule has 0 saturated carbocycles. The molecule has 1 amide bonds. The normalized spacial score (nSPS) is 20.4. The van der Waals surface area contributed by atoms with Crippen molar-refractivity contribution in [3.8, 4) is 0 Å². The number of rotatable bonds is 3. The van der Waals surface area contributed by atoms with E-state index in [1.807, 2.05) is 0 Å². The van der Waals surface area contributed by atoms with Gasteiger partial charge in [0, 0.05) is 12.2 Å². The highest BCUT2D eigenvalue weighted by atomic mass is 32.2. The number of anilines is 1. The van der Waals surface area contributed by atoms with E-state index in [9.17, 15) is 17.6 Å². The second-order valence-corrected chi connectivity index (χ2v) is 6.47. The summed E-state index contributed by atoms with van der Waals surface area (Å²) in [6.45, 7) is 0.347. The lowest BCUT2D eigenvalue weighted by Crippen LogP contribution is -2.42. The van der Waals surface area contributed by atoms with Crippen LogP contribution in [0, 0.1) is 5.82 Å². The average molecular weight is 286 g/mol. The average Bonchev–Trinajstić information content (AvgIpc) is 2.77. The summed E-state index contributed by atoms with van der Waals surface area (Å²) in [4.78, 5) is 12.0. The van der Waals surface area contributed by atoms with Gasteiger partial charge < -0.3 is 5.32 Å². The van der Waals surface area contributed by atoms with Gasteiger partial charge >= 0.3 is 0 Å². The maximum atomic E-state index is 13.0. The van der Waals surface area contributed by atoms with Gasteiger partial charge in [-0.3, -0.25) is 4.79 Å². The van der Waals surface area contributed by atoms with Crippen molar-refractivity contribution < 1.29 is 17.6 Å². The van der Waals surface area contributed by atoms with Crippen LogP contribution in [0.15, 0.2) is 24.3 Å². The molecule has 0 aliphatic carbocycles. The van der Waals surface area contributed by atoms with Gasteiger partial charge in [-0.15, -0.1) is 0 Å². The number of nitrogens with one attached hydrogen (secondary N) is 1. The molecule has 2 rings (SSSR count). The molecule has 1 fully saturated rings. The van der Waals surface area contributed by atoms with Crippen LogP contribution >= 0.6 is 0 Å². The Labute approximate surface area is 111 Å². The molecule has 5 nitrogen and oxygen atoms in total. The second-order valence-electron chi connectivity index (χ2n) is 4.53. The molecule has 0 aromatic heterocycles. The van der Waals surface area contributed by atoms with E-state index >= 15 is 0 Å². The first kappa shape index (κ1) is 14.0. The van der Waals surface area contributed by atoms with Crippen LogP contribution in [-0.4, -0.2) is 37.5 Å². The summed E-state index contributed by atoms with van der Waals surface area (Å²) >= 11 is 0. The maximum Gasteiger partial charge on any atom is 0.242 e. The van der Waals surface area contributed by atoms with E-state index in [4.69, 9.17) is 0 Å². The number of hydrogen-bond donors (Lipinski definition) is 1. The van der Waals surface area contributed by atoms with Gasteiger partial charge in [-0.1, -0.05) is 6.07 Å². The number of carbonyl (C=O) groups is 1. The van der Waals surface area contributed by atoms with E-state index in [0.29, 0.717) is 25.1 Å². The predicted octanol–water partition coefficient (Wildman–Crippen LogP) is 1.19. The number of halogens is 1. The summed E-state index contributed by atoms with van der Waals surface area (Å²) < 4.78 is 37.3. The lowest BCUT2D eigenvalue weighted by molar-refractivity contribution is -0.119. The molecule has 104 valence electrons. The predicted molar refractivity (Wildman–Crippen MR) is 69.6 cm³/mol. The van der Waals surface area contributed by atoms with Gasteiger partial charge in [0.25, 0.3) is 0 Å². The number of hydrogen-bond acceptors (Lipinski definition) is 3. The summed E-state index contributed by atoms with van der Waals surface area (Å²) in [7, 11) is -3.40. The van der Waals surface area contributed by atoms with Crippen molar-refractivity contribution in [2.75, 3.05) is 18.1 Å². The third kappa shape index (κ3) is 3.30. The van der Waals surface area contributed by atoms with Gasteiger partial charge in [0.1, 0.15) is 11.9 Å². The Bertz CT molecular complexity index is 588. The quantitative estimate of drug-likeness (QED) is 0.907. The molecule has 0 radical (unpaired) electrons. The van der Waals surface area contributed by atoms with E-state index in [-0.39, 0.29) is 0 Å². The number of sulfonamides is 1. The minimum absolute atomic E-state index is 0.324. The molecule has 1 heterocycles. The van der Waals surface area contributed by atoms with Crippen molar-refractivity contribution in [3.63, 3.8) is 0 Å². The first-order chi connectivity index (χ1) is 8.88. The zero-order chi connectivity index (χ0) is 14.0. The second kappa shape index (κ2) is 5.26. The van der Waals surface area contributed by atoms with Crippen LogP contribution in [-0.2, 0) is 14.8 Å². The highest BCUT2D eigenvalue weighted by Gasteiger charge is 2.36. The molecule has 1 aliphatic rings. The van der Waals surface area contributed by atoms with E-state index in [1.54, 1.807) is 6.07 Å². The maximum absolute atomic E-state index is 13.0. The zero-order valence-corrected chi connectivity index (χ0v) is 11.3. The van der Waals surface area contributed by atoms with Crippen LogP contribution < -0.4 is 5.32 Å². The van der Waals surface area contributed by atoms with Crippen LogP contribution in [0.1, 0.15) is 12.8 Å². The third-order valence-electron chi connectivity index (χ3n) is 3.02. The highest BCUT2D eigenvalue weighted by Crippen LogP contribution is 2.22. The van der Waals surface area contributed by atoms with Crippen LogP contribution in [0.5, 0.6) is 0 Å². The molecular weight excluding hydrogens is 271 g/mol. The Kier molecular flexibility index (Phi) is 3.86. The molecule has 0 spiro atoms. The van der Waals surface area contributed by atoms with Crippen molar-refractivity contribution in [1.82, 2.24) is 4.31 Å². The fourth-order valence-electron chi connectivity index (χ4n) is 2.19. The number of amides is 1. The minimum Gasteiger partial charge on any atom is -0.325 e. The minimum atomic E-state index is -3.40. The topological polar surface area (TPSA) is 66.5 Å². The van der Waals surface area contributed by atoms with Gasteiger partial charge in [-0.25, -0.2) is 12.8 Å². The lowest BCUT2D eigenvalue weighted by Gasteiger charge is -2.21. The van der Waals surface area contributed by atoms with E-state index in [2.05, 4.69) is 5.32 Å².